The Kier molecular flexibility index (Phi) is 6.39. The van der Waals surface area contributed by atoms with Crippen LogP contribution in [0.3, 0.4) is 0 Å². The highest BCUT2D eigenvalue weighted by Crippen LogP contribution is 2.33. The second-order valence-electron chi connectivity index (χ2n) is 4.28. The molecule has 1 rings (SSSR count). The second kappa shape index (κ2) is 7.80. The zero-order chi connectivity index (χ0) is 16.0. The molecule has 0 radical (unpaired) electrons. The summed E-state index contributed by atoms with van der Waals surface area (Å²) in [5, 5.41) is 13.8. The lowest BCUT2D eigenvalue weighted by Crippen LogP contribution is -2.30. The number of hydrogen-bond acceptors (Lipinski definition) is 5. The molecule has 0 aliphatic rings. The number of nitrogens with one attached hydrogen (secondary N) is 1. The summed E-state index contributed by atoms with van der Waals surface area (Å²) in [7, 11) is 3.14. The Morgan fingerprint density at radius 3 is 2.71 bits per heavy atom. The molecule has 0 saturated carbocycles. The first-order valence-corrected chi connectivity index (χ1v) is 6.79. The number of nitro groups is 1. The molecule has 0 aromatic heterocycles. The molecule has 21 heavy (non-hydrogen) atoms. The molecule has 1 aromatic carbocycles. The number of rotatable bonds is 7. The molecule has 116 valence electrons. The minimum atomic E-state index is -0.575. The fourth-order valence-electron chi connectivity index (χ4n) is 1.77. The molecular weight excluding hydrogens is 298 g/mol. The van der Waals surface area contributed by atoms with Crippen LogP contribution in [0.5, 0.6) is 0 Å². The first-order valence-electron chi connectivity index (χ1n) is 6.41. The van der Waals surface area contributed by atoms with Crippen LogP contribution in [0.1, 0.15) is 17.3 Å². The number of benzene rings is 1. The van der Waals surface area contributed by atoms with Crippen molar-refractivity contribution in [1.82, 2.24) is 4.90 Å². The van der Waals surface area contributed by atoms with Crippen LogP contribution in [0.2, 0.25) is 5.02 Å². The fraction of sp³-hybridized carbons (Fsp3) is 0.462. The van der Waals surface area contributed by atoms with Gasteiger partial charge in [-0.2, -0.15) is 0 Å². The van der Waals surface area contributed by atoms with E-state index in [0.717, 1.165) is 0 Å². The van der Waals surface area contributed by atoms with E-state index in [9.17, 15) is 14.9 Å². The molecule has 0 fully saturated rings. The van der Waals surface area contributed by atoms with Gasteiger partial charge in [0.05, 0.1) is 16.6 Å². The van der Waals surface area contributed by atoms with Crippen LogP contribution in [0.4, 0.5) is 11.4 Å². The number of nitrogens with zero attached hydrogens (tertiary/aromatic N) is 2. The molecule has 1 amide bonds. The third kappa shape index (κ3) is 4.30. The van der Waals surface area contributed by atoms with Crippen molar-refractivity contribution in [3.63, 3.8) is 0 Å². The van der Waals surface area contributed by atoms with Gasteiger partial charge in [0.2, 0.25) is 0 Å². The van der Waals surface area contributed by atoms with Crippen molar-refractivity contribution in [3.8, 4) is 0 Å². The Balaban J connectivity index is 3.02. The Labute approximate surface area is 128 Å². The second-order valence-corrected chi connectivity index (χ2v) is 4.69. The van der Waals surface area contributed by atoms with E-state index in [0.29, 0.717) is 19.8 Å². The quantitative estimate of drug-likeness (QED) is 0.474. The molecule has 0 unspecified atom stereocenters. The number of carbonyl (C=O) groups is 1. The number of halogens is 1. The van der Waals surface area contributed by atoms with E-state index < -0.39 is 4.92 Å². The number of carbonyl (C=O) groups excluding carboxylic acids is 1. The zero-order valence-electron chi connectivity index (χ0n) is 12.2. The summed E-state index contributed by atoms with van der Waals surface area (Å²) in [6, 6.07) is 2.64. The van der Waals surface area contributed by atoms with E-state index in [1.54, 1.807) is 7.05 Å². The van der Waals surface area contributed by atoms with Crippen molar-refractivity contribution in [3.05, 3.63) is 32.8 Å². The smallest absolute Gasteiger partial charge is 0.294 e. The van der Waals surface area contributed by atoms with Gasteiger partial charge >= 0.3 is 0 Å². The molecule has 0 aliphatic carbocycles. The summed E-state index contributed by atoms with van der Waals surface area (Å²) < 4.78 is 5.17. The summed E-state index contributed by atoms with van der Waals surface area (Å²) in [5.74, 6) is -0.345. The number of amides is 1. The van der Waals surface area contributed by atoms with E-state index >= 15 is 0 Å². The lowest BCUT2D eigenvalue weighted by atomic mass is 10.1. The fourth-order valence-corrected chi connectivity index (χ4v) is 2.08. The first-order chi connectivity index (χ1) is 9.92. The number of anilines is 1. The molecule has 8 heteroatoms. The molecule has 0 aliphatic heterocycles. The highest BCUT2D eigenvalue weighted by atomic mass is 35.5. The first kappa shape index (κ1) is 17.2. The maximum Gasteiger partial charge on any atom is 0.294 e. The van der Waals surface area contributed by atoms with Crippen molar-refractivity contribution in [2.75, 3.05) is 39.2 Å². The van der Waals surface area contributed by atoms with Crippen LogP contribution in [0.25, 0.3) is 0 Å². The van der Waals surface area contributed by atoms with Gasteiger partial charge in [0.1, 0.15) is 5.69 Å². The molecule has 7 nitrogen and oxygen atoms in total. The van der Waals surface area contributed by atoms with E-state index in [4.69, 9.17) is 16.3 Å². The monoisotopic (exact) mass is 315 g/mol. The predicted molar refractivity (Wildman–Crippen MR) is 81.1 cm³/mol. The molecule has 1 aromatic rings. The van der Waals surface area contributed by atoms with Crippen molar-refractivity contribution < 1.29 is 14.5 Å². The molecular formula is C13H18ClN3O4. The molecule has 0 bridgehead atoms. The normalized spacial score (nSPS) is 10.3. The van der Waals surface area contributed by atoms with Gasteiger partial charge < -0.3 is 15.0 Å². The maximum atomic E-state index is 12.2. The average molecular weight is 316 g/mol. The average Bonchev–Trinajstić information content (AvgIpc) is 2.45. The lowest BCUT2D eigenvalue weighted by Gasteiger charge is -2.17. The van der Waals surface area contributed by atoms with E-state index in [-0.39, 0.29) is 27.9 Å². The maximum absolute atomic E-state index is 12.2. The van der Waals surface area contributed by atoms with E-state index in [2.05, 4.69) is 5.32 Å². The third-order valence-corrected chi connectivity index (χ3v) is 3.18. The van der Waals surface area contributed by atoms with E-state index in [1.807, 2.05) is 6.92 Å². The summed E-state index contributed by atoms with van der Waals surface area (Å²) in [4.78, 5) is 24.1. The van der Waals surface area contributed by atoms with Gasteiger partial charge in [-0.3, -0.25) is 14.9 Å². The van der Waals surface area contributed by atoms with Crippen molar-refractivity contribution in [2.45, 2.75) is 6.92 Å². The minimum Gasteiger partial charge on any atom is -0.381 e. The van der Waals surface area contributed by atoms with Gasteiger partial charge in [0.15, 0.2) is 0 Å². The zero-order valence-corrected chi connectivity index (χ0v) is 12.9. The van der Waals surface area contributed by atoms with Crippen LogP contribution in [-0.4, -0.2) is 49.6 Å². The van der Waals surface area contributed by atoms with Gasteiger partial charge in [-0.1, -0.05) is 11.6 Å². The van der Waals surface area contributed by atoms with Crippen LogP contribution >= 0.6 is 11.6 Å². The number of ether oxygens (including phenoxy) is 1. The van der Waals surface area contributed by atoms with Crippen LogP contribution < -0.4 is 5.32 Å². The van der Waals surface area contributed by atoms with E-state index in [1.165, 1.54) is 24.1 Å². The molecule has 0 atom stereocenters. The van der Waals surface area contributed by atoms with Crippen LogP contribution in [0, 0.1) is 10.1 Å². The largest absolute Gasteiger partial charge is 0.381 e. The Morgan fingerprint density at radius 1 is 1.52 bits per heavy atom. The van der Waals surface area contributed by atoms with Crippen LogP contribution in [-0.2, 0) is 4.74 Å². The van der Waals surface area contributed by atoms with Gasteiger partial charge in [0, 0.05) is 38.9 Å². The van der Waals surface area contributed by atoms with Crippen molar-refractivity contribution >= 4 is 28.9 Å². The number of likely N-dealkylation sites (N-methyl/N-ethyl adjacent to an activating group) is 1. The van der Waals surface area contributed by atoms with Gasteiger partial charge in [-0.15, -0.1) is 0 Å². The summed E-state index contributed by atoms with van der Waals surface area (Å²) in [6.07, 6.45) is 0. The Morgan fingerprint density at radius 2 is 2.19 bits per heavy atom. The van der Waals surface area contributed by atoms with Crippen LogP contribution in [0.15, 0.2) is 12.1 Å². The predicted octanol–water partition coefficient (Wildman–Crippen LogP) is 2.40. The summed E-state index contributed by atoms with van der Waals surface area (Å²) >= 11 is 5.99. The third-order valence-electron chi connectivity index (χ3n) is 2.88. The molecule has 0 saturated heterocycles. The SMILES string of the molecule is CCOCCN(C)C(=O)c1cc(Cl)c(NC)c([N+](=O)[O-])c1. The highest BCUT2D eigenvalue weighted by Gasteiger charge is 2.22. The standard InChI is InChI=1S/C13H18ClN3O4/c1-4-21-6-5-16(3)13(18)9-7-10(14)12(15-2)11(8-9)17(19)20/h7-8,15H,4-6H2,1-3H3. The lowest BCUT2D eigenvalue weighted by molar-refractivity contribution is -0.383. The minimum absolute atomic E-state index is 0.133. The topological polar surface area (TPSA) is 84.7 Å². The highest BCUT2D eigenvalue weighted by molar-refractivity contribution is 6.34. The Hall–Kier alpha value is -1.86. The van der Waals surface area contributed by atoms with Crippen molar-refractivity contribution in [1.29, 1.82) is 0 Å². The van der Waals surface area contributed by atoms with Gasteiger partial charge in [0.25, 0.3) is 11.6 Å². The Bertz CT molecular complexity index is 536. The summed E-state index contributed by atoms with van der Waals surface area (Å²) in [6.45, 7) is 3.23. The summed E-state index contributed by atoms with van der Waals surface area (Å²) in [5.41, 5.74) is 0.131. The number of nitro benzene ring substituents is 1. The molecule has 1 N–H and O–H groups in total. The molecule has 0 spiro atoms. The van der Waals surface area contributed by atoms with Gasteiger partial charge in [-0.25, -0.2) is 0 Å². The molecule has 0 heterocycles. The van der Waals surface area contributed by atoms with Crippen molar-refractivity contribution in [2.24, 2.45) is 0 Å². The van der Waals surface area contributed by atoms with Gasteiger partial charge in [-0.05, 0) is 13.0 Å². The number of hydrogen-bond donors (Lipinski definition) is 1.